The van der Waals surface area contributed by atoms with Crippen molar-refractivity contribution in [2.75, 3.05) is 16.5 Å². The maximum absolute atomic E-state index is 11.1. The van der Waals surface area contributed by atoms with Crippen molar-refractivity contribution in [2.24, 2.45) is 12.9 Å². The second-order valence-corrected chi connectivity index (χ2v) is 6.11. The van der Waals surface area contributed by atoms with Crippen LogP contribution in [-0.2, 0) is 11.8 Å². The number of aldehydes is 1. The third-order valence-corrected chi connectivity index (χ3v) is 4.12. The average Bonchev–Trinajstić information content (AvgIpc) is 3.02. The molecule has 0 saturated heterocycles. The molecule has 0 bridgehead atoms. The Bertz CT molecular complexity index is 995. The molecule has 0 radical (unpaired) electrons. The largest absolute Gasteiger partial charge is 0.397 e. The number of anilines is 3. The number of benzene rings is 2. The van der Waals surface area contributed by atoms with Gasteiger partial charge < -0.3 is 16.5 Å². The van der Waals surface area contributed by atoms with E-state index in [1.807, 2.05) is 12.1 Å². The van der Waals surface area contributed by atoms with Crippen LogP contribution in [0.4, 0.5) is 17.3 Å². The van der Waals surface area contributed by atoms with Crippen LogP contribution in [0.1, 0.15) is 5.56 Å². The molecule has 0 aliphatic carbocycles. The van der Waals surface area contributed by atoms with Gasteiger partial charge in [-0.05, 0) is 36.4 Å². The Labute approximate surface area is 160 Å². The number of aryl methyl sites for hydroxylation is 1. The van der Waals surface area contributed by atoms with Gasteiger partial charge in [-0.15, -0.1) is 5.10 Å². The summed E-state index contributed by atoms with van der Waals surface area (Å²) >= 11 is 5.92. The topological polar surface area (TPSA) is 124 Å². The Balaban J connectivity index is 1.91. The van der Waals surface area contributed by atoms with Gasteiger partial charge in [0.1, 0.15) is 6.29 Å². The quantitative estimate of drug-likeness (QED) is 0.169. The minimum absolute atomic E-state index is 0.452. The number of nitrogen functional groups attached to an aromatic ring is 2. The molecular formula is C18H18ClN7O. The molecule has 0 saturated carbocycles. The van der Waals surface area contributed by atoms with E-state index in [-0.39, 0.29) is 0 Å². The van der Waals surface area contributed by atoms with Crippen LogP contribution in [0.5, 0.6) is 0 Å². The summed E-state index contributed by atoms with van der Waals surface area (Å²) < 4.78 is 1.59. The van der Waals surface area contributed by atoms with Crippen molar-refractivity contribution < 1.29 is 4.79 Å². The van der Waals surface area contributed by atoms with E-state index in [1.165, 1.54) is 6.08 Å². The zero-order valence-corrected chi connectivity index (χ0v) is 15.2. The number of rotatable bonds is 6. The summed E-state index contributed by atoms with van der Waals surface area (Å²) in [7, 11) is 1.75. The first-order valence-corrected chi connectivity index (χ1v) is 8.35. The summed E-state index contributed by atoms with van der Waals surface area (Å²) in [6, 6.07) is 12.4. The molecule has 0 atom stereocenters. The van der Waals surface area contributed by atoms with Gasteiger partial charge in [0.05, 0.1) is 17.1 Å². The zero-order valence-electron chi connectivity index (χ0n) is 14.5. The molecule has 27 heavy (non-hydrogen) atoms. The second kappa shape index (κ2) is 7.90. The Morgan fingerprint density at radius 1 is 1.22 bits per heavy atom. The fourth-order valence-electron chi connectivity index (χ4n) is 2.47. The van der Waals surface area contributed by atoms with E-state index in [0.29, 0.717) is 45.7 Å². The minimum Gasteiger partial charge on any atom is -0.397 e. The number of nitrogens with zero attached hydrogens (tertiary/aromatic N) is 3. The highest BCUT2D eigenvalue weighted by molar-refractivity contribution is 6.30. The number of allylic oxidation sites excluding steroid dienone is 1. The highest BCUT2D eigenvalue weighted by atomic mass is 35.5. The fourth-order valence-corrected chi connectivity index (χ4v) is 2.60. The molecule has 0 fully saturated rings. The number of aromatic nitrogens is 3. The van der Waals surface area contributed by atoms with Gasteiger partial charge in [-0.25, -0.2) is 4.68 Å². The number of hydrogen-bond donors (Lipinski definition) is 4. The Morgan fingerprint density at radius 2 is 1.96 bits per heavy atom. The molecule has 0 aliphatic heterocycles. The van der Waals surface area contributed by atoms with Crippen LogP contribution in [0.3, 0.4) is 0 Å². The number of carbonyl (C=O) groups is 1. The molecule has 8 nitrogen and oxygen atoms in total. The Kier molecular flexibility index (Phi) is 5.39. The zero-order chi connectivity index (χ0) is 19.4. The summed E-state index contributed by atoms with van der Waals surface area (Å²) in [5.41, 5.74) is 11.6. The third-order valence-electron chi connectivity index (χ3n) is 3.86. The molecule has 2 aromatic carbocycles. The molecule has 9 heteroatoms. The Hall–Kier alpha value is -3.36. The summed E-state index contributed by atoms with van der Waals surface area (Å²) in [4.78, 5) is 15.6. The lowest BCUT2D eigenvalue weighted by atomic mass is 10.1. The molecular weight excluding hydrogens is 366 g/mol. The van der Waals surface area contributed by atoms with Crippen LogP contribution >= 0.6 is 11.6 Å². The van der Waals surface area contributed by atoms with Crippen molar-refractivity contribution in [3.63, 3.8) is 0 Å². The van der Waals surface area contributed by atoms with E-state index in [1.54, 1.807) is 42.1 Å². The smallest absolute Gasteiger partial charge is 0.225 e. The molecule has 0 amide bonds. The second-order valence-electron chi connectivity index (χ2n) is 5.68. The lowest BCUT2D eigenvalue weighted by Gasteiger charge is -2.12. The van der Waals surface area contributed by atoms with Crippen LogP contribution in [0.15, 0.2) is 48.5 Å². The van der Waals surface area contributed by atoms with Crippen molar-refractivity contribution in [1.29, 1.82) is 0 Å². The first-order chi connectivity index (χ1) is 13.0. The maximum Gasteiger partial charge on any atom is 0.225 e. The summed E-state index contributed by atoms with van der Waals surface area (Å²) in [5, 5.41) is 8.15. The number of carbonyl (C=O) groups excluding carboxylic acids is 1. The van der Waals surface area contributed by atoms with Crippen LogP contribution in [0, 0.1) is 0 Å². The van der Waals surface area contributed by atoms with Gasteiger partial charge >= 0.3 is 0 Å². The first-order valence-electron chi connectivity index (χ1n) is 7.98. The van der Waals surface area contributed by atoms with Crippen molar-refractivity contribution in [1.82, 2.24) is 14.8 Å². The van der Waals surface area contributed by atoms with E-state index in [9.17, 15) is 4.79 Å². The maximum atomic E-state index is 11.1. The van der Waals surface area contributed by atoms with Gasteiger partial charge in [-0.1, -0.05) is 17.7 Å². The Morgan fingerprint density at radius 3 is 2.59 bits per heavy atom. The molecule has 1 aromatic heterocycles. The highest BCUT2D eigenvalue weighted by Gasteiger charge is 2.12. The molecule has 0 aliphatic rings. The van der Waals surface area contributed by atoms with E-state index in [4.69, 9.17) is 23.2 Å². The van der Waals surface area contributed by atoms with E-state index in [0.717, 1.165) is 5.56 Å². The number of halogens is 1. The minimum atomic E-state index is 0.452. The van der Waals surface area contributed by atoms with Gasteiger partial charge in [0, 0.05) is 29.3 Å². The van der Waals surface area contributed by atoms with Gasteiger partial charge in [0.25, 0.3) is 0 Å². The summed E-state index contributed by atoms with van der Waals surface area (Å²) in [6.07, 6.45) is 2.07. The van der Waals surface area contributed by atoms with E-state index >= 15 is 0 Å². The molecule has 138 valence electrons. The monoisotopic (exact) mass is 383 g/mol. The predicted octanol–water partition coefficient (Wildman–Crippen LogP) is 2.66. The van der Waals surface area contributed by atoms with Crippen LogP contribution in [0.25, 0.3) is 17.1 Å². The number of hydrogen-bond acceptors (Lipinski definition) is 7. The fraction of sp³-hybridized carbons (Fsp3) is 0.0556. The van der Waals surface area contributed by atoms with Gasteiger partial charge in [-0.3, -0.25) is 10.6 Å². The number of hydrazine groups is 1. The first kappa shape index (κ1) is 18.4. The SMILES string of the molecule is Cn1nc(-c2ccc(Cl)cc2)nc1N/C(=C\C=O)c1ccc(NN)c(N)c1. The predicted molar refractivity (Wildman–Crippen MR) is 108 cm³/mol. The highest BCUT2D eigenvalue weighted by Crippen LogP contribution is 2.25. The normalized spacial score (nSPS) is 11.3. The third kappa shape index (κ3) is 4.08. The van der Waals surface area contributed by atoms with Crippen LogP contribution in [0.2, 0.25) is 5.02 Å². The van der Waals surface area contributed by atoms with Gasteiger partial charge in [-0.2, -0.15) is 4.98 Å². The van der Waals surface area contributed by atoms with Gasteiger partial charge in [0.2, 0.25) is 5.95 Å². The molecule has 6 N–H and O–H groups in total. The lowest BCUT2D eigenvalue weighted by Crippen LogP contribution is -2.10. The van der Waals surface area contributed by atoms with Gasteiger partial charge in [0.15, 0.2) is 5.82 Å². The molecule has 0 spiro atoms. The van der Waals surface area contributed by atoms with Crippen molar-refractivity contribution in [2.45, 2.75) is 0 Å². The van der Waals surface area contributed by atoms with Crippen molar-refractivity contribution >= 4 is 40.9 Å². The molecule has 3 rings (SSSR count). The number of nitrogens with two attached hydrogens (primary N) is 2. The molecule has 0 unspecified atom stereocenters. The van der Waals surface area contributed by atoms with Crippen LogP contribution < -0.4 is 22.3 Å². The van der Waals surface area contributed by atoms with Crippen molar-refractivity contribution in [3.05, 3.63) is 59.1 Å². The summed E-state index contributed by atoms with van der Waals surface area (Å²) in [5.74, 6) is 6.40. The lowest BCUT2D eigenvalue weighted by molar-refractivity contribution is -0.104. The van der Waals surface area contributed by atoms with Crippen molar-refractivity contribution in [3.8, 4) is 11.4 Å². The summed E-state index contributed by atoms with van der Waals surface area (Å²) in [6.45, 7) is 0. The molecule has 3 aromatic rings. The van der Waals surface area contributed by atoms with Crippen LogP contribution in [-0.4, -0.2) is 21.1 Å². The molecule has 1 heterocycles. The van der Waals surface area contributed by atoms with E-state index < -0.39 is 0 Å². The standard InChI is InChI=1S/C18H18ClN7O/c1-26-18(23-17(25-26)11-2-5-13(19)6-3-11)22-15(8-9-27)12-4-7-16(24-21)14(20)10-12/h2-10,24H,20-21H2,1H3,(H,22,23,25)/b15-8-. The van der Waals surface area contributed by atoms with E-state index in [2.05, 4.69) is 20.8 Å². The average molecular weight is 384 g/mol. The number of nitrogens with one attached hydrogen (secondary N) is 2.